The van der Waals surface area contributed by atoms with E-state index < -0.39 is 0 Å². The van der Waals surface area contributed by atoms with E-state index in [2.05, 4.69) is 4.99 Å². The van der Waals surface area contributed by atoms with Crippen LogP contribution in [0.2, 0.25) is 0 Å². The molecule has 21 heavy (non-hydrogen) atoms. The van der Waals surface area contributed by atoms with Gasteiger partial charge in [0.25, 0.3) is 0 Å². The van der Waals surface area contributed by atoms with Gasteiger partial charge in [-0.2, -0.15) is 0 Å². The molecule has 0 spiro atoms. The Kier molecular flexibility index (Phi) is 9.52. The quantitative estimate of drug-likeness (QED) is 0.447. The van der Waals surface area contributed by atoms with Crippen molar-refractivity contribution in [2.75, 3.05) is 27.2 Å². The van der Waals surface area contributed by atoms with Crippen LogP contribution in [0.1, 0.15) is 25.0 Å². The summed E-state index contributed by atoms with van der Waals surface area (Å²) >= 11 is 0. The van der Waals surface area contributed by atoms with Gasteiger partial charge in [-0.1, -0.05) is 6.07 Å². The molecular weight excluding hydrogens is 382 g/mol. The number of hydrogen-bond acceptors (Lipinski definition) is 2. The van der Waals surface area contributed by atoms with E-state index in [0.29, 0.717) is 24.6 Å². The molecule has 120 valence electrons. The van der Waals surface area contributed by atoms with Gasteiger partial charge >= 0.3 is 0 Å². The lowest BCUT2D eigenvalue weighted by molar-refractivity contribution is 0.392. The molecule has 0 unspecified atom stereocenters. The number of rotatable bonds is 6. The van der Waals surface area contributed by atoms with Crippen LogP contribution in [0.4, 0.5) is 4.39 Å². The maximum atomic E-state index is 13.7. The fraction of sp³-hybridized carbons (Fsp3) is 0.533. The van der Waals surface area contributed by atoms with Crippen molar-refractivity contribution in [2.24, 2.45) is 10.7 Å². The van der Waals surface area contributed by atoms with Gasteiger partial charge in [-0.05, 0) is 45.6 Å². The Bertz CT molecular complexity index is 459. The molecule has 0 fully saturated rings. The SMILES string of the molecule is CCN(CC)C(N)=NCc1ccc(F)c(CN(C)C)c1.I. The maximum Gasteiger partial charge on any atom is 0.191 e. The van der Waals surface area contributed by atoms with Crippen LogP contribution in [-0.2, 0) is 13.1 Å². The molecule has 6 heteroatoms. The van der Waals surface area contributed by atoms with E-state index in [1.807, 2.05) is 43.8 Å². The topological polar surface area (TPSA) is 44.9 Å². The van der Waals surface area contributed by atoms with Crippen LogP contribution < -0.4 is 5.73 Å². The number of hydrogen-bond donors (Lipinski definition) is 1. The highest BCUT2D eigenvalue weighted by Crippen LogP contribution is 2.13. The second-order valence-electron chi connectivity index (χ2n) is 5.01. The van der Waals surface area contributed by atoms with Crippen molar-refractivity contribution in [1.29, 1.82) is 0 Å². The van der Waals surface area contributed by atoms with Gasteiger partial charge in [-0.3, -0.25) is 0 Å². The lowest BCUT2D eigenvalue weighted by atomic mass is 10.1. The average Bonchev–Trinajstić information content (AvgIpc) is 2.40. The van der Waals surface area contributed by atoms with Crippen LogP contribution in [0, 0.1) is 5.82 Å². The fourth-order valence-corrected chi connectivity index (χ4v) is 2.01. The summed E-state index contributed by atoms with van der Waals surface area (Å²) < 4.78 is 13.7. The van der Waals surface area contributed by atoms with E-state index in [1.165, 1.54) is 6.07 Å². The first-order chi connectivity index (χ1) is 9.47. The highest BCUT2D eigenvalue weighted by Gasteiger charge is 2.06. The van der Waals surface area contributed by atoms with Crippen LogP contribution >= 0.6 is 24.0 Å². The summed E-state index contributed by atoms with van der Waals surface area (Å²) in [5.41, 5.74) is 7.58. The fourth-order valence-electron chi connectivity index (χ4n) is 2.01. The van der Waals surface area contributed by atoms with E-state index in [0.717, 1.165) is 18.7 Å². The van der Waals surface area contributed by atoms with Gasteiger partial charge < -0.3 is 15.5 Å². The Balaban J connectivity index is 0.00000400. The molecule has 1 rings (SSSR count). The first-order valence-electron chi connectivity index (χ1n) is 6.94. The number of benzene rings is 1. The van der Waals surface area contributed by atoms with Crippen molar-refractivity contribution in [3.05, 3.63) is 35.1 Å². The van der Waals surface area contributed by atoms with Crippen LogP contribution in [-0.4, -0.2) is 42.9 Å². The molecule has 4 nitrogen and oxygen atoms in total. The first kappa shape index (κ1) is 20.1. The predicted molar refractivity (Wildman–Crippen MR) is 97.5 cm³/mol. The third kappa shape index (κ3) is 6.60. The normalized spacial score (nSPS) is 11.4. The lowest BCUT2D eigenvalue weighted by Crippen LogP contribution is -2.37. The zero-order chi connectivity index (χ0) is 15.1. The summed E-state index contributed by atoms with van der Waals surface area (Å²) in [5.74, 6) is 0.358. The molecule has 0 aliphatic heterocycles. The summed E-state index contributed by atoms with van der Waals surface area (Å²) in [7, 11) is 3.84. The molecule has 1 aromatic rings. The van der Waals surface area contributed by atoms with E-state index in [1.54, 1.807) is 6.07 Å². The van der Waals surface area contributed by atoms with Crippen molar-refractivity contribution >= 4 is 29.9 Å². The molecule has 0 saturated carbocycles. The molecule has 0 aliphatic carbocycles. The highest BCUT2D eigenvalue weighted by molar-refractivity contribution is 14.0. The first-order valence-corrected chi connectivity index (χ1v) is 6.94. The average molecular weight is 408 g/mol. The number of aliphatic imine (C=N–C) groups is 1. The van der Waals surface area contributed by atoms with Crippen LogP contribution in [0.3, 0.4) is 0 Å². The zero-order valence-corrected chi connectivity index (χ0v) is 15.6. The van der Waals surface area contributed by atoms with E-state index >= 15 is 0 Å². The minimum atomic E-state index is -0.178. The Hall–Kier alpha value is -0.890. The van der Waals surface area contributed by atoms with Crippen molar-refractivity contribution in [3.63, 3.8) is 0 Å². The highest BCUT2D eigenvalue weighted by atomic mass is 127. The van der Waals surface area contributed by atoms with Gasteiger partial charge in [0.15, 0.2) is 5.96 Å². The van der Waals surface area contributed by atoms with Gasteiger partial charge in [-0.25, -0.2) is 9.38 Å². The summed E-state index contributed by atoms with van der Waals surface area (Å²) in [6, 6.07) is 5.11. The lowest BCUT2D eigenvalue weighted by Gasteiger charge is -2.19. The van der Waals surface area contributed by atoms with Crippen molar-refractivity contribution in [3.8, 4) is 0 Å². The van der Waals surface area contributed by atoms with E-state index in [-0.39, 0.29) is 29.8 Å². The monoisotopic (exact) mass is 408 g/mol. The minimum Gasteiger partial charge on any atom is -0.370 e. The van der Waals surface area contributed by atoms with Crippen molar-refractivity contribution < 1.29 is 4.39 Å². The minimum absolute atomic E-state index is 0. The van der Waals surface area contributed by atoms with Gasteiger partial charge in [0.1, 0.15) is 5.82 Å². The molecule has 0 amide bonds. The molecule has 0 aliphatic rings. The maximum absolute atomic E-state index is 13.7. The Morgan fingerprint density at radius 2 is 1.86 bits per heavy atom. The number of guanidine groups is 1. The summed E-state index contributed by atoms with van der Waals surface area (Å²) in [6.45, 7) is 6.80. The third-order valence-electron chi connectivity index (χ3n) is 3.11. The second-order valence-corrected chi connectivity index (χ2v) is 5.01. The van der Waals surface area contributed by atoms with Crippen molar-refractivity contribution in [2.45, 2.75) is 26.9 Å². The molecule has 0 saturated heterocycles. The molecule has 0 atom stereocenters. The molecule has 0 aromatic heterocycles. The summed E-state index contributed by atoms with van der Waals surface area (Å²) in [6.07, 6.45) is 0. The second kappa shape index (κ2) is 9.94. The van der Waals surface area contributed by atoms with Crippen LogP contribution in [0.5, 0.6) is 0 Å². The van der Waals surface area contributed by atoms with Gasteiger partial charge in [-0.15, -0.1) is 24.0 Å². The van der Waals surface area contributed by atoms with Crippen LogP contribution in [0.15, 0.2) is 23.2 Å². The number of nitrogens with zero attached hydrogens (tertiary/aromatic N) is 3. The third-order valence-corrected chi connectivity index (χ3v) is 3.11. The Morgan fingerprint density at radius 1 is 1.24 bits per heavy atom. The number of halogens is 2. The Labute approximate surface area is 144 Å². The molecule has 0 heterocycles. The molecule has 1 aromatic carbocycles. The van der Waals surface area contributed by atoms with Gasteiger partial charge in [0.05, 0.1) is 6.54 Å². The predicted octanol–water partition coefficient (Wildman–Crippen LogP) is 2.66. The van der Waals surface area contributed by atoms with E-state index in [9.17, 15) is 4.39 Å². The summed E-state index contributed by atoms with van der Waals surface area (Å²) in [5, 5.41) is 0. The molecule has 0 radical (unpaired) electrons. The smallest absolute Gasteiger partial charge is 0.191 e. The van der Waals surface area contributed by atoms with Gasteiger partial charge in [0.2, 0.25) is 0 Å². The van der Waals surface area contributed by atoms with E-state index in [4.69, 9.17) is 5.73 Å². The molecular formula is C15H26FIN4. The standard InChI is InChI=1S/C15H25FN4.HI/c1-5-20(6-2)15(17)18-10-12-7-8-14(16)13(9-12)11-19(3)4;/h7-9H,5-6,10-11H2,1-4H3,(H2,17,18);1H. The van der Waals surface area contributed by atoms with Crippen LogP contribution in [0.25, 0.3) is 0 Å². The zero-order valence-electron chi connectivity index (χ0n) is 13.3. The van der Waals surface area contributed by atoms with Crippen molar-refractivity contribution in [1.82, 2.24) is 9.80 Å². The largest absolute Gasteiger partial charge is 0.370 e. The number of nitrogens with two attached hydrogens (primary N) is 1. The van der Waals surface area contributed by atoms with Gasteiger partial charge in [0, 0.05) is 25.2 Å². The Morgan fingerprint density at radius 3 is 2.38 bits per heavy atom. The molecule has 0 bridgehead atoms. The summed E-state index contributed by atoms with van der Waals surface area (Å²) in [4.78, 5) is 8.30. The molecule has 2 N–H and O–H groups in total.